The molecule has 1 aromatic heterocycles. The van der Waals surface area contributed by atoms with E-state index in [0.29, 0.717) is 18.8 Å². The van der Waals surface area contributed by atoms with Crippen molar-refractivity contribution in [3.63, 3.8) is 0 Å². The van der Waals surface area contributed by atoms with Gasteiger partial charge in [0.1, 0.15) is 4.92 Å². The van der Waals surface area contributed by atoms with Gasteiger partial charge in [0.15, 0.2) is 5.76 Å². The van der Waals surface area contributed by atoms with Crippen LogP contribution >= 0.6 is 0 Å². The van der Waals surface area contributed by atoms with Crippen LogP contribution in [0.5, 0.6) is 0 Å². The molecule has 1 aromatic rings. The number of rotatable bonds is 4. The largest absolute Gasteiger partial charge is 0.433 e. The molecule has 1 aliphatic carbocycles. The number of aliphatic hydroxyl groups excluding tert-OH is 1. The fourth-order valence-electron chi connectivity index (χ4n) is 2.49. The third-order valence-corrected chi connectivity index (χ3v) is 3.91. The van der Waals surface area contributed by atoms with E-state index < -0.39 is 22.3 Å². The molecule has 0 unspecified atom stereocenters. The number of carbonyl (C=O) groups is 1. The van der Waals surface area contributed by atoms with Gasteiger partial charge in [0.05, 0.1) is 18.2 Å². The summed E-state index contributed by atoms with van der Waals surface area (Å²) in [6.45, 7) is 1.99. The van der Waals surface area contributed by atoms with Gasteiger partial charge >= 0.3 is 5.88 Å². The normalized spacial score (nSPS) is 26.2. The first kappa shape index (κ1) is 14.5. The second-order valence-corrected chi connectivity index (χ2v) is 5.47. The third-order valence-electron chi connectivity index (χ3n) is 3.91. The number of hydrogen-bond acceptors (Lipinski definition) is 5. The summed E-state index contributed by atoms with van der Waals surface area (Å²) in [6, 6.07) is 2.41. The lowest BCUT2D eigenvalue weighted by Crippen LogP contribution is -2.53. The smallest absolute Gasteiger partial charge is 0.395 e. The third kappa shape index (κ3) is 2.98. The number of nitrogens with zero attached hydrogens (tertiary/aromatic N) is 1. The van der Waals surface area contributed by atoms with Crippen LogP contribution in [0.15, 0.2) is 16.5 Å². The molecule has 0 aliphatic heterocycles. The summed E-state index contributed by atoms with van der Waals surface area (Å²) < 4.78 is 4.87. The van der Waals surface area contributed by atoms with Crippen LogP contribution in [0.1, 0.15) is 43.2 Å². The minimum atomic E-state index is -0.694. The molecule has 1 aliphatic rings. The van der Waals surface area contributed by atoms with Crippen LogP contribution in [0.25, 0.3) is 0 Å². The van der Waals surface area contributed by atoms with Crippen LogP contribution in [-0.4, -0.2) is 28.1 Å². The first-order chi connectivity index (χ1) is 9.46. The van der Waals surface area contributed by atoms with Gasteiger partial charge in [-0.1, -0.05) is 6.92 Å². The Kier molecular flexibility index (Phi) is 4.08. The zero-order chi connectivity index (χ0) is 14.8. The maximum atomic E-state index is 12.1. The summed E-state index contributed by atoms with van der Waals surface area (Å²) in [5, 5.41) is 22.9. The molecule has 2 rings (SSSR count). The summed E-state index contributed by atoms with van der Waals surface area (Å²) in [5.74, 6) is -0.522. The molecule has 0 atom stereocenters. The number of amides is 1. The van der Waals surface area contributed by atoms with Gasteiger partial charge in [-0.3, -0.25) is 14.9 Å². The van der Waals surface area contributed by atoms with E-state index in [2.05, 4.69) is 12.2 Å². The molecule has 0 spiro atoms. The van der Waals surface area contributed by atoms with Crippen molar-refractivity contribution in [2.45, 2.75) is 38.1 Å². The molecule has 20 heavy (non-hydrogen) atoms. The topological polar surface area (TPSA) is 106 Å². The predicted octanol–water partition coefficient (Wildman–Crippen LogP) is 1.86. The average Bonchev–Trinajstić information content (AvgIpc) is 2.92. The van der Waals surface area contributed by atoms with E-state index in [9.17, 15) is 20.0 Å². The zero-order valence-corrected chi connectivity index (χ0v) is 11.3. The van der Waals surface area contributed by atoms with Gasteiger partial charge in [-0.25, -0.2) is 0 Å². The Morgan fingerprint density at radius 3 is 2.70 bits per heavy atom. The highest BCUT2D eigenvalue weighted by molar-refractivity contribution is 5.92. The maximum absolute atomic E-state index is 12.1. The molecule has 1 heterocycles. The summed E-state index contributed by atoms with van der Waals surface area (Å²) in [7, 11) is 0. The molecule has 110 valence electrons. The molecule has 7 nitrogen and oxygen atoms in total. The first-order valence-electron chi connectivity index (χ1n) is 6.63. The van der Waals surface area contributed by atoms with Crippen LogP contribution in [0.3, 0.4) is 0 Å². The summed E-state index contributed by atoms with van der Waals surface area (Å²) >= 11 is 0. The van der Waals surface area contributed by atoms with Crippen molar-refractivity contribution in [2.75, 3.05) is 6.61 Å². The van der Waals surface area contributed by atoms with E-state index in [-0.39, 0.29) is 12.4 Å². The average molecular weight is 282 g/mol. The maximum Gasteiger partial charge on any atom is 0.433 e. The van der Waals surface area contributed by atoms with E-state index >= 15 is 0 Å². The lowest BCUT2D eigenvalue weighted by Gasteiger charge is -2.38. The van der Waals surface area contributed by atoms with Gasteiger partial charge in [-0.2, -0.15) is 0 Å². The van der Waals surface area contributed by atoms with Crippen molar-refractivity contribution in [1.82, 2.24) is 5.32 Å². The lowest BCUT2D eigenvalue weighted by atomic mass is 9.77. The van der Waals surface area contributed by atoms with Crippen molar-refractivity contribution < 1.29 is 19.2 Å². The van der Waals surface area contributed by atoms with Crippen LogP contribution in [0, 0.1) is 16.0 Å². The molecule has 0 saturated heterocycles. The second-order valence-electron chi connectivity index (χ2n) is 5.47. The summed E-state index contributed by atoms with van der Waals surface area (Å²) in [5.41, 5.74) is -0.648. The molecule has 1 fully saturated rings. The minimum Gasteiger partial charge on any atom is -0.395 e. The SMILES string of the molecule is CC1CCC(CO)(NC(=O)c2ccc([N+](=O)[O-])o2)CC1. The van der Waals surface area contributed by atoms with Crippen molar-refractivity contribution in [1.29, 1.82) is 0 Å². The van der Waals surface area contributed by atoms with Gasteiger partial charge in [-0.15, -0.1) is 0 Å². The van der Waals surface area contributed by atoms with E-state index in [1.165, 1.54) is 6.07 Å². The molecular weight excluding hydrogens is 264 g/mol. The number of nitro groups is 1. The number of aliphatic hydroxyl groups is 1. The molecule has 0 bridgehead atoms. The van der Waals surface area contributed by atoms with Gasteiger partial charge in [0.2, 0.25) is 0 Å². The molecule has 1 saturated carbocycles. The van der Waals surface area contributed by atoms with E-state index in [1.54, 1.807) is 0 Å². The van der Waals surface area contributed by atoms with E-state index in [0.717, 1.165) is 18.9 Å². The quantitative estimate of drug-likeness (QED) is 0.647. The molecule has 1 amide bonds. The molecule has 2 N–H and O–H groups in total. The second kappa shape index (κ2) is 5.62. The van der Waals surface area contributed by atoms with Gasteiger partial charge < -0.3 is 14.8 Å². The molecular formula is C13H18N2O5. The fraction of sp³-hybridized carbons (Fsp3) is 0.615. The van der Waals surface area contributed by atoms with Gasteiger partial charge in [0, 0.05) is 0 Å². The molecule has 0 aromatic carbocycles. The van der Waals surface area contributed by atoms with Gasteiger partial charge in [-0.05, 0) is 37.7 Å². The summed E-state index contributed by atoms with van der Waals surface area (Å²) in [6.07, 6.45) is 3.25. The van der Waals surface area contributed by atoms with Crippen LogP contribution in [0.4, 0.5) is 5.88 Å². The van der Waals surface area contributed by atoms with Crippen LogP contribution in [-0.2, 0) is 0 Å². The zero-order valence-electron chi connectivity index (χ0n) is 11.3. The summed E-state index contributed by atoms with van der Waals surface area (Å²) in [4.78, 5) is 21.9. The van der Waals surface area contributed by atoms with Crippen LogP contribution in [0.2, 0.25) is 0 Å². The Bertz CT molecular complexity index is 503. The Hall–Kier alpha value is -1.89. The number of nitrogens with one attached hydrogen (secondary N) is 1. The molecule has 7 heteroatoms. The highest BCUT2D eigenvalue weighted by atomic mass is 16.6. The Balaban J connectivity index is 2.07. The Morgan fingerprint density at radius 2 is 2.20 bits per heavy atom. The highest BCUT2D eigenvalue weighted by Crippen LogP contribution is 2.32. The number of furan rings is 1. The Labute approximate surface area is 116 Å². The standard InChI is InChI=1S/C13H18N2O5/c1-9-4-6-13(8-16,7-5-9)14-12(17)10-2-3-11(20-10)15(18)19/h2-3,9,16H,4-8H2,1H3,(H,14,17). The van der Waals surface area contributed by atoms with Gasteiger partial charge in [0.25, 0.3) is 5.91 Å². The van der Waals surface area contributed by atoms with Crippen molar-refractivity contribution >= 4 is 11.8 Å². The van der Waals surface area contributed by atoms with Crippen molar-refractivity contribution in [2.24, 2.45) is 5.92 Å². The van der Waals surface area contributed by atoms with Crippen molar-refractivity contribution in [3.8, 4) is 0 Å². The number of carbonyl (C=O) groups excluding carboxylic acids is 1. The van der Waals surface area contributed by atoms with E-state index in [1.807, 2.05) is 0 Å². The predicted molar refractivity (Wildman–Crippen MR) is 70.3 cm³/mol. The molecule has 0 radical (unpaired) electrons. The lowest BCUT2D eigenvalue weighted by molar-refractivity contribution is -0.402. The monoisotopic (exact) mass is 282 g/mol. The first-order valence-corrected chi connectivity index (χ1v) is 6.63. The Morgan fingerprint density at radius 1 is 1.55 bits per heavy atom. The van der Waals surface area contributed by atoms with E-state index in [4.69, 9.17) is 4.42 Å². The fourth-order valence-corrected chi connectivity index (χ4v) is 2.49. The highest BCUT2D eigenvalue weighted by Gasteiger charge is 2.36. The minimum absolute atomic E-state index is 0.108. The van der Waals surface area contributed by atoms with Crippen LogP contribution < -0.4 is 5.32 Å². The number of hydrogen-bond donors (Lipinski definition) is 2. The van der Waals surface area contributed by atoms with Crippen molar-refractivity contribution in [3.05, 3.63) is 28.0 Å².